The van der Waals surface area contributed by atoms with E-state index in [2.05, 4.69) is 97.9 Å². The van der Waals surface area contributed by atoms with Gasteiger partial charge in [0.1, 0.15) is 23.2 Å². The lowest BCUT2D eigenvalue weighted by molar-refractivity contribution is -0.00000409. The van der Waals surface area contributed by atoms with Gasteiger partial charge in [0, 0.05) is 0 Å². The summed E-state index contributed by atoms with van der Waals surface area (Å²) in [6.45, 7) is 2.32. The maximum Gasteiger partial charge on any atom is 0.235 e. The molecule has 0 aliphatic heterocycles. The summed E-state index contributed by atoms with van der Waals surface area (Å²) in [5.74, 6) is 0. The zero-order valence-electron chi connectivity index (χ0n) is 12.8. The Bertz CT molecular complexity index is 584. The van der Waals surface area contributed by atoms with E-state index in [1.807, 2.05) is 0 Å². The molecule has 22 heavy (non-hydrogen) atoms. The van der Waals surface area contributed by atoms with Crippen LogP contribution in [0.5, 0.6) is 0 Å². The van der Waals surface area contributed by atoms with Crippen LogP contribution in [-0.4, -0.2) is 6.16 Å². The lowest BCUT2D eigenvalue weighted by Gasteiger charge is -2.26. The summed E-state index contributed by atoms with van der Waals surface area (Å²) in [6.07, 6.45) is 1.14. The van der Waals surface area contributed by atoms with Crippen LogP contribution in [0.15, 0.2) is 91.0 Å². The smallest absolute Gasteiger partial charge is 0.0620 e. The maximum absolute atomic E-state index is 2.32. The van der Waals surface area contributed by atoms with Crippen molar-refractivity contribution in [2.75, 3.05) is 6.16 Å². The fourth-order valence-electron chi connectivity index (χ4n) is 3.04. The van der Waals surface area contributed by atoms with Crippen LogP contribution in [0.2, 0.25) is 0 Å². The molecule has 3 aromatic rings. The molecular formula is C20H22IP+2. The third kappa shape index (κ3) is 3.11. The van der Waals surface area contributed by atoms with Crippen molar-refractivity contribution in [3.05, 3.63) is 91.0 Å². The van der Waals surface area contributed by atoms with Gasteiger partial charge in [0.2, 0.25) is 24.0 Å². The predicted molar refractivity (Wildman–Crippen MR) is 98.5 cm³/mol. The van der Waals surface area contributed by atoms with Gasteiger partial charge in [-0.2, -0.15) is 0 Å². The Morgan fingerprint density at radius 1 is 0.545 bits per heavy atom. The molecule has 2 heteroatoms. The van der Waals surface area contributed by atoms with E-state index >= 15 is 0 Å². The Morgan fingerprint density at radius 2 is 0.818 bits per heavy atom. The fraction of sp³-hybridized carbons (Fsp3) is 0.100. The number of hydrogen-bond acceptors (Lipinski definition) is 0. The minimum atomic E-state index is -1.53. The van der Waals surface area contributed by atoms with E-state index in [0.717, 1.165) is 6.16 Å². The molecule has 0 nitrogen and oxygen atoms in total. The Balaban J connectivity index is 0.00000176. The highest BCUT2D eigenvalue weighted by atomic mass is 127. The van der Waals surface area contributed by atoms with Gasteiger partial charge in [-0.25, -0.2) is 0 Å². The molecule has 0 aromatic heterocycles. The third-order valence-electron chi connectivity index (χ3n) is 4.07. The Labute approximate surface area is 151 Å². The number of hydrogen-bond donors (Lipinski definition) is 0. The molecule has 0 unspecified atom stereocenters. The highest BCUT2D eigenvalue weighted by Gasteiger charge is 2.43. The molecule has 0 bridgehead atoms. The second kappa shape index (κ2) is 7.89. The van der Waals surface area contributed by atoms with Crippen LogP contribution in [0.1, 0.15) is 6.92 Å². The average molecular weight is 420 g/mol. The fourth-order valence-corrected chi connectivity index (χ4v) is 7.08. The molecule has 0 amide bonds. The van der Waals surface area contributed by atoms with E-state index < -0.39 is 7.26 Å². The molecule has 112 valence electrons. The summed E-state index contributed by atoms with van der Waals surface area (Å²) >= 11 is 0. The molecule has 3 rings (SSSR count). The molecule has 0 saturated carbocycles. The van der Waals surface area contributed by atoms with Gasteiger partial charge in [-0.3, -0.25) is 0 Å². The van der Waals surface area contributed by atoms with Crippen LogP contribution in [0, 0.1) is 0 Å². The lowest BCUT2D eigenvalue weighted by Crippen LogP contribution is -3.00. The average Bonchev–Trinajstić information content (AvgIpc) is 2.59. The van der Waals surface area contributed by atoms with E-state index in [1.165, 1.54) is 15.9 Å². The topological polar surface area (TPSA) is 0 Å². The summed E-state index contributed by atoms with van der Waals surface area (Å²) in [7, 11) is -1.53. The second-order valence-electron chi connectivity index (χ2n) is 5.13. The van der Waals surface area contributed by atoms with E-state index in [0.29, 0.717) is 0 Å². The van der Waals surface area contributed by atoms with Crippen LogP contribution in [0.3, 0.4) is 0 Å². The first-order chi connectivity index (χ1) is 10.4. The number of rotatable bonds is 4. The first kappa shape index (κ1) is 17.2. The van der Waals surface area contributed by atoms with Crippen LogP contribution in [-0.2, 0) is 0 Å². The third-order valence-corrected chi connectivity index (χ3v) is 8.55. The van der Waals surface area contributed by atoms with Crippen LogP contribution in [0.4, 0.5) is 0 Å². The van der Waals surface area contributed by atoms with Crippen molar-refractivity contribution < 1.29 is 24.0 Å². The minimum absolute atomic E-state index is 0. The zero-order valence-corrected chi connectivity index (χ0v) is 16.2. The first-order valence-electron chi connectivity index (χ1n) is 7.43. The molecule has 0 spiro atoms. The predicted octanol–water partition coefficient (Wildman–Crippen LogP) is 0.469. The van der Waals surface area contributed by atoms with Gasteiger partial charge >= 0.3 is 0 Å². The molecule has 0 fully saturated rings. The summed E-state index contributed by atoms with van der Waals surface area (Å²) < 4.78 is 0. The standard InChI is InChI=1S/C20H20P.H2I/c1-2-21(18-12-6-3-7-13-18,19-14-8-4-9-15-19)20-16-10-5-11-17-20;/h3-17H,2H2,1H3;1H2/q2*+1. The molecule has 3 aromatic carbocycles. The van der Waals surface area contributed by atoms with Crippen molar-refractivity contribution in [3.63, 3.8) is 0 Å². The van der Waals surface area contributed by atoms with Gasteiger partial charge in [0.25, 0.3) is 0 Å². The first-order valence-corrected chi connectivity index (χ1v) is 9.40. The normalized spacial score (nSPS) is 10.8. The molecular weight excluding hydrogens is 398 g/mol. The van der Waals surface area contributed by atoms with E-state index in [4.69, 9.17) is 0 Å². The number of halogens is 1. The monoisotopic (exact) mass is 420 g/mol. The van der Waals surface area contributed by atoms with Crippen molar-refractivity contribution in [3.8, 4) is 0 Å². The Kier molecular flexibility index (Phi) is 6.16. The largest absolute Gasteiger partial charge is 0.235 e. The van der Waals surface area contributed by atoms with Crippen molar-refractivity contribution >= 4 is 23.2 Å². The molecule has 0 N–H and O–H groups in total. The van der Waals surface area contributed by atoms with Gasteiger partial charge in [0.15, 0.2) is 0 Å². The van der Waals surface area contributed by atoms with Crippen molar-refractivity contribution in [1.29, 1.82) is 0 Å². The molecule has 0 saturated heterocycles. The van der Waals surface area contributed by atoms with Gasteiger partial charge < -0.3 is 0 Å². The summed E-state index contributed by atoms with van der Waals surface area (Å²) in [5.41, 5.74) is 0. The van der Waals surface area contributed by atoms with Gasteiger partial charge in [-0.05, 0) is 43.3 Å². The number of benzene rings is 3. The van der Waals surface area contributed by atoms with Gasteiger partial charge in [-0.1, -0.05) is 54.6 Å². The highest BCUT2D eigenvalue weighted by molar-refractivity contribution is 7.95. The Morgan fingerprint density at radius 3 is 1.05 bits per heavy atom. The highest BCUT2D eigenvalue weighted by Crippen LogP contribution is 2.54. The molecule has 0 aliphatic rings. The summed E-state index contributed by atoms with van der Waals surface area (Å²) in [4.78, 5) is 0. The molecule has 0 atom stereocenters. The van der Waals surface area contributed by atoms with Crippen molar-refractivity contribution in [1.82, 2.24) is 0 Å². The molecule has 0 heterocycles. The van der Waals surface area contributed by atoms with Crippen LogP contribution < -0.4 is 39.9 Å². The minimum Gasteiger partial charge on any atom is -0.0620 e. The quantitative estimate of drug-likeness (QED) is 0.426. The summed E-state index contributed by atoms with van der Waals surface area (Å²) in [6, 6.07) is 33.0. The van der Waals surface area contributed by atoms with Crippen LogP contribution in [0.25, 0.3) is 0 Å². The van der Waals surface area contributed by atoms with Gasteiger partial charge in [0.05, 0.1) is 6.16 Å². The SMILES string of the molecule is CC[P+](c1ccccc1)(c1ccccc1)c1ccccc1.[IH2+]. The molecule has 0 radical (unpaired) electrons. The van der Waals surface area contributed by atoms with Gasteiger partial charge in [-0.15, -0.1) is 0 Å². The maximum atomic E-state index is 2.32. The van der Waals surface area contributed by atoms with E-state index in [-0.39, 0.29) is 24.0 Å². The van der Waals surface area contributed by atoms with E-state index in [9.17, 15) is 0 Å². The zero-order chi connectivity index (χ0) is 14.5. The second-order valence-corrected chi connectivity index (χ2v) is 8.93. The van der Waals surface area contributed by atoms with Crippen molar-refractivity contribution in [2.45, 2.75) is 6.92 Å². The van der Waals surface area contributed by atoms with E-state index in [1.54, 1.807) is 0 Å². The Hall–Kier alpha value is -1.18. The summed E-state index contributed by atoms with van der Waals surface area (Å²) in [5, 5.41) is 4.39. The van der Waals surface area contributed by atoms with Crippen LogP contribution >= 0.6 is 7.26 Å². The lowest BCUT2D eigenvalue weighted by atomic mass is 10.4. The van der Waals surface area contributed by atoms with Crippen molar-refractivity contribution in [2.24, 2.45) is 0 Å². The molecule has 0 aliphatic carbocycles.